The predicted molar refractivity (Wildman–Crippen MR) is 236 cm³/mol. The highest BCUT2D eigenvalue weighted by Crippen LogP contribution is 2.37. The van der Waals surface area contributed by atoms with Gasteiger partial charge in [0.05, 0.1) is 17.1 Å². The standard InChI is InChI=1S/C46H52FN11O4/c1-27-22-35(36(47)24-34(27)28(2)50-43(60)42-53-44(62-54-42)46(3,4)5)40-39-33-11-10-32(23-37(33)51-41(39)49-26-48-40)57-20-18-55(19-21-57)25-29-12-15-56(16-13-29)30-6-8-31(9-7-30)58-17-14-38(59)52-45(58)61/h6-11,22-24,26,28-29H,12-21,25H2,1-5H3,(H,50,60)(H,48,49,51)(H,52,59,61)/t28-/m1/s1. The quantitative estimate of drug-likeness (QED) is 0.139. The Morgan fingerprint density at radius 2 is 1.63 bits per heavy atom. The van der Waals surface area contributed by atoms with Crippen molar-refractivity contribution in [3.63, 3.8) is 0 Å². The molecule has 0 aliphatic carbocycles. The number of benzene rings is 3. The summed E-state index contributed by atoms with van der Waals surface area (Å²) in [5.41, 5.74) is 6.53. The Morgan fingerprint density at radius 1 is 0.919 bits per heavy atom. The highest BCUT2D eigenvalue weighted by molar-refractivity contribution is 6.12. The number of aromatic amines is 1. The molecule has 6 aromatic rings. The van der Waals surface area contributed by atoms with Crippen LogP contribution in [-0.2, 0) is 10.2 Å². The number of amides is 4. The summed E-state index contributed by atoms with van der Waals surface area (Å²) in [7, 11) is 0. The van der Waals surface area contributed by atoms with Gasteiger partial charge in [0.25, 0.3) is 11.7 Å². The van der Waals surface area contributed by atoms with E-state index in [0.29, 0.717) is 47.2 Å². The van der Waals surface area contributed by atoms with Crippen LogP contribution in [0.4, 0.5) is 26.2 Å². The van der Waals surface area contributed by atoms with Crippen LogP contribution >= 0.6 is 0 Å². The number of carbonyl (C=O) groups is 3. The van der Waals surface area contributed by atoms with E-state index in [9.17, 15) is 14.4 Å². The van der Waals surface area contributed by atoms with Crippen molar-refractivity contribution in [1.82, 2.24) is 40.6 Å². The van der Waals surface area contributed by atoms with Gasteiger partial charge in [-0.05, 0) is 92.3 Å². The summed E-state index contributed by atoms with van der Waals surface area (Å²) in [5, 5.41) is 10.8. The van der Waals surface area contributed by atoms with Gasteiger partial charge in [-0.1, -0.05) is 32.0 Å². The molecule has 9 rings (SSSR count). The third-order valence-corrected chi connectivity index (χ3v) is 12.5. The molecule has 6 heterocycles. The summed E-state index contributed by atoms with van der Waals surface area (Å²) in [5.74, 6) is -0.242. The number of halogens is 1. The minimum Gasteiger partial charge on any atom is -0.372 e. The number of piperazine rings is 1. The van der Waals surface area contributed by atoms with Gasteiger partial charge in [0.1, 0.15) is 17.8 Å². The van der Waals surface area contributed by atoms with E-state index < -0.39 is 23.2 Å². The first-order chi connectivity index (χ1) is 29.8. The van der Waals surface area contributed by atoms with E-state index in [2.05, 4.69) is 80.8 Å². The van der Waals surface area contributed by atoms with Crippen LogP contribution in [0.3, 0.4) is 0 Å². The maximum Gasteiger partial charge on any atom is 0.328 e. The Kier molecular flexibility index (Phi) is 10.9. The first-order valence-corrected chi connectivity index (χ1v) is 21.4. The van der Waals surface area contributed by atoms with Crippen molar-refractivity contribution in [2.75, 3.05) is 67.1 Å². The second-order valence-corrected chi connectivity index (χ2v) is 17.8. The third kappa shape index (κ3) is 8.18. The Morgan fingerprint density at radius 3 is 2.34 bits per heavy atom. The fourth-order valence-electron chi connectivity index (χ4n) is 9.00. The number of aryl methyl sites for hydroxylation is 1. The Hall–Kier alpha value is -6.42. The van der Waals surface area contributed by atoms with Gasteiger partial charge >= 0.3 is 6.03 Å². The van der Waals surface area contributed by atoms with Crippen LogP contribution < -0.4 is 25.3 Å². The molecule has 62 heavy (non-hydrogen) atoms. The van der Waals surface area contributed by atoms with Gasteiger partial charge in [0.2, 0.25) is 11.8 Å². The van der Waals surface area contributed by atoms with E-state index in [0.717, 1.165) is 97.6 Å². The SMILES string of the molecule is Cc1cc(-c2ncnc3[nH]c4cc(N5CCN(CC6CCN(c7ccc(N8CCC(=O)NC8=O)cc7)CC6)CC5)ccc4c23)c(F)cc1[C@@H](C)NC(=O)c1noc(C(C)(C)C)n1. The van der Waals surface area contributed by atoms with Gasteiger partial charge < -0.3 is 24.6 Å². The number of anilines is 3. The van der Waals surface area contributed by atoms with Gasteiger partial charge in [-0.15, -0.1) is 0 Å². The zero-order valence-corrected chi connectivity index (χ0v) is 35.8. The molecule has 3 fully saturated rings. The second kappa shape index (κ2) is 16.5. The monoisotopic (exact) mass is 841 g/mol. The average Bonchev–Trinajstić information content (AvgIpc) is 3.92. The molecule has 15 nitrogen and oxygen atoms in total. The Balaban J connectivity index is 0.813. The summed E-state index contributed by atoms with van der Waals surface area (Å²) in [6.45, 7) is 16.8. The summed E-state index contributed by atoms with van der Waals surface area (Å²) >= 11 is 0. The van der Waals surface area contributed by atoms with Crippen molar-refractivity contribution in [3.8, 4) is 11.3 Å². The number of nitrogens with one attached hydrogen (secondary N) is 3. The lowest BCUT2D eigenvalue weighted by molar-refractivity contribution is -0.120. The van der Waals surface area contributed by atoms with Crippen molar-refractivity contribution in [3.05, 3.63) is 89.6 Å². The Labute approximate surface area is 359 Å². The lowest BCUT2D eigenvalue weighted by Crippen LogP contribution is -2.49. The molecule has 3 saturated heterocycles. The third-order valence-electron chi connectivity index (χ3n) is 12.5. The van der Waals surface area contributed by atoms with Crippen LogP contribution in [0, 0.1) is 18.7 Å². The number of urea groups is 1. The zero-order chi connectivity index (χ0) is 43.3. The van der Waals surface area contributed by atoms with Crippen LogP contribution in [0.25, 0.3) is 33.2 Å². The number of aromatic nitrogens is 5. The van der Waals surface area contributed by atoms with Crippen molar-refractivity contribution >= 4 is 56.8 Å². The van der Waals surface area contributed by atoms with Gasteiger partial charge in [-0.3, -0.25) is 24.7 Å². The van der Waals surface area contributed by atoms with Crippen molar-refractivity contribution in [1.29, 1.82) is 0 Å². The van der Waals surface area contributed by atoms with E-state index in [1.165, 1.54) is 12.4 Å². The normalized spacial score (nSPS) is 17.5. The molecule has 0 unspecified atom stereocenters. The molecule has 0 radical (unpaired) electrons. The maximum atomic E-state index is 16.1. The molecule has 322 valence electrons. The molecule has 0 saturated carbocycles. The number of carbonyl (C=O) groups excluding carboxylic acids is 3. The number of H-pyrrole nitrogens is 1. The van der Waals surface area contributed by atoms with E-state index in [1.807, 2.05) is 39.8 Å². The number of fused-ring (bicyclic) bond motifs is 3. The average molecular weight is 842 g/mol. The van der Waals surface area contributed by atoms with Crippen LogP contribution in [0.2, 0.25) is 0 Å². The van der Waals surface area contributed by atoms with Crippen LogP contribution in [0.5, 0.6) is 0 Å². The number of hydrogen-bond donors (Lipinski definition) is 3. The number of imide groups is 1. The fourth-order valence-corrected chi connectivity index (χ4v) is 9.00. The second-order valence-electron chi connectivity index (χ2n) is 17.8. The number of piperidine rings is 1. The fraction of sp³-hybridized carbons (Fsp3) is 0.413. The summed E-state index contributed by atoms with van der Waals surface area (Å²) in [6.07, 6.45) is 4.03. The number of hydrogen-bond acceptors (Lipinski definition) is 11. The molecule has 0 bridgehead atoms. The molecular weight excluding hydrogens is 790 g/mol. The Bertz CT molecular complexity index is 2660. The van der Waals surface area contributed by atoms with E-state index in [1.54, 1.807) is 17.9 Å². The smallest absolute Gasteiger partial charge is 0.328 e. The van der Waals surface area contributed by atoms with Gasteiger partial charge in [-0.2, -0.15) is 4.98 Å². The maximum absolute atomic E-state index is 16.1. The van der Waals surface area contributed by atoms with Crippen LogP contribution in [0.15, 0.2) is 65.4 Å². The molecule has 3 aromatic heterocycles. The van der Waals surface area contributed by atoms with Crippen LogP contribution in [0.1, 0.15) is 80.6 Å². The van der Waals surface area contributed by atoms with Crippen LogP contribution in [-0.4, -0.2) is 100 Å². The molecule has 3 aromatic carbocycles. The van der Waals surface area contributed by atoms with E-state index >= 15 is 4.39 Å². The molecule has 3 aliphatic heterocycles. The molecule has 4 amide bonds. The first-order valence-electron chi connectivity index (χ1n) is 21.4. The topological polar surface area (TPSA) is 169 Å². The van der Waals surface area contributed by atoms with Crippen molar-refractivity contribution < 1.29 is 23.3 Å². The number of rotatable bonds is 9. The number of nitrogens with zero attached hydrogens (tertiary/aromatic N) is 8. The van der Waals surface area contributed by atoms with Crippen molar-refractivity contribution in [2.24, 2.45) is 5.92 Å². The molecular formula is C46H52FN11O4. The summed E-state index contributed by atoms with van der Waals surface area (Å²) in [6, 6.07) is 16.8. The molecule has 16 heteroatoms. The highest BCUT2D eigenvalue weighted by Gasteiger charge is 2.29. The van der Waals surface area contributed by atoms with E-state index in [-0.39, 0.29) is 17.8 Å². The first kappa shape index (κ1) is 41.0. The summed E-state index contributed by atoms with van der Waals surface area (Å²) in [4.78, 5) is 62.7. The predicted octanol–water partition coefficient (Wildman–Crippen LogP) is 6.88. The lowest BCUT2D eigenvalue weighted by Gasteiger charge is -2.40. The zero-order valence-electron chi connectivity index (χ0n) is 35.8. The largest absolute Gasteiger partial charge is 0.372 e. The molecule has 3 N–H and O–H groups in total. The molecule has 0 spiro atoms. The van der Waals surface area contributed by atoms with Gasteiger partial charge in [0.15, 0.2) is 0 Å². The minimum atomic E-state index is -0.523. The summed E-state index contributed by atoms with van der Waals surface area (Å²) < 4.78 is 21.4. The lowest BCUT2D eigenvalue weighted by atomic mass is 9.95. The van der Waals surface area contributed by atoms with E-state index in [4.69, 9.17) is 4.52 Å². The van der Waals surface area contributed by atoms with Gasteiger partial charge in [-0.25, -0.2) is 19.2 Å². The van der Waals surface area contributed by atoms with Gasteiger partial charge in [0, 0.05) is 97.7 Å². The highest BCUT2D eigenvalue weighted by atomic mass is 19.1. The van der Waals surface area contributed by atoms with Crippen molar-refractivity contribution in [2.45, 2.75) is 65.3 Å². The molecule has 1 atom stereocenters. The molecule has 3 aliphatic rings. The minimum absolute atomic E-state index is 0.0667.